The van der Waals surface area contributed by atoms with E-state index in [-0.39, 0.29) is 28.6 Å². The van der Waals surface area contributed by atoms with Gasteiger partial charge in [-0.25, -0.2) is 23.7 Å². The van der Waals surface area contributed by atoms with Crippen LogP contribution in [0.5, 0.6) is 0 Å². The van der Waals surface area contributed by atoms with Crippen LogP contribution in [-0.2, 0) is 0 Å². The van der Waals surface area contributed by atoms with Gasteiger partial charge in [0.25, 0.3) is 0 Å². The van der Waals surface area contributed by atoms with Crippen molar-refractivity contribution in [3.8, 4) is 11.3 Å². The number of imidazole rings is 1. The molecular formula is C27H31F2IN8. The van der Waals surface area contributed by atoms with Crippen LogP contribution >= 0.6 is 22.6 Å². The fourth-order valence-electron chi connectivity index (χ4n) is 5.54. The smallest absolute Gasteiger partial charge is 0.229 e. The van der Waals surface area contributed by atoms with Crippen molar-refractivity contribution in [2.45, 2.75) is 57.2 Å². The third-order valence-electron chi connectivity index (χ3n) is 7.56. The number of nitrogens with zero attached hydrogens (tertiary/aromatic N) is 6. The lowest BCUT2D eigenvalue weighted by Crippen LogP contribution is -2.54. The highest BCUT2D eigenvalue weighted by Gasteiger charge is 2.40. The van der Waals surface area contributed by atoms with Gasteiger partial charge in [-0.1, -0.05) is 6.08 Å². The van der Waals surface area contributed by atoms with Crippen LogP contribution in [0.3, 0.4) is 0 Å². The average Bonchev–Trinajstić information content (AvgIpc) is 3.61. The van der Waals surface area contributed by atoms with Crippen LogP contribution in [0.2, 0.25) is 0 Å². The van der Waals surface area contributed by atoms with Crippen molar-refractivity contribution in [1.82, 2.24) is 24.4 Å². The van der Waals surface area contributed by atoms with E-state index in [0.717, 1.165) is 48.9 Å². The molecule has 8 nitrogen and oxygen atoms in total. The molecule has 200 valence electrons. The molecule has 2 atom stereocenters. The SMILES string of the molecule is CC(C)(N)CN1CCC2(C)N=C(Nc3ncc(F)c(-c4cc(F)c5nc(I)n(C6CC6)c5c4)n3)C=CC2C1. The third-order valence-corrected chi connectivity index (χ3v) is 8.32. The first kappa shape index (κ1) is 25.8. The highest BCUT2D eigenvalue weighted by Crippen LogP contribution is 2.40. The summed E-state index contributed by atoms with van der Waals surface area (Å²) >= 11 is 2.12. The summed E-state index contributed by atoms with van der Waals surface area (Å²) < 4.78 is 32.7. The van der Waals surface area contributed by atoms with Gasteiger partial charge in [-0.15, -0.1) is 0 Å². The Kier molecular flexibility index (Phi) is 6.30. The molecule has 38 heavy (non-hydrogen) atoms. The fraction of sp³-hybridized carbons (Fsp3) is 0.481. The van der Waals surface area contributed by atoms with E-state index in [4.69, 9.17) is 10.7 Å². The summed E-state index contributed by atoms with van der Waals surface area (Å²) in [7, 11) is 0. The van der Waals surface area contributed by atoms with Crippen molar-refractivity contribution in [1.29, 1.82) is 0 Å². The average molecular weight is 633 g/mol. The normalized spacial score (nSPS) is 24.0. The fourth-order valence-corrected chi connectivity index (χ4v) is 6.43. The van der Waals surface area contributed by atoms with Crippen molar-refractivity contribution in [3.63, 3.8) is 0 Å². The number of piperidine rings is 1. The number of nitrogens with one attached hydrogen (secondary N) is 1. The number of dihydropyridines is 1. The van der Waals surface area contributed by atoms with Crippen LogP contribution in [0, 0.1) is 21.4 Å². The first-order valence-electron chi connectivity index (χ1n) is 13.0. The lowest BCUT2D eigenvalue weighted by Gasteiger charge is -2.45. The summed E-state index contributed by atoms with van der Waals surface area (Å²) in [5.74, 6) is -0.0189. The quantitative estimate of drug-likeness (QED) is 0.389. The molecule has 2 unspecified atom stereocenters. The Labute approximate surface area is 234 Å². The molecule has 0 bridgehead atoms. The van der Waals surface area contributed by atoms with Gasteiger partial charge >= 0.3 is 0 Å². The molecule has 1 aliphatic carbocycles. The Balaban J connectivity index is 1.26. The first-order valence-corrected chi connectivity index (χ1v) is 14.0. The molecular weight excluding hydrogens is 601 g/mol. The van der Waals surface area contributed by atoms with Gasteiger partial charge in [0.15, 0.2) is 15.5 Å². The maximum absolute atomic E-state index is 15.0. The van der Waals surface area contributed by atoms with Gasteiger partial charge in [0, 0.05) is 42.7 Å². The minimum Gasteiger partial charge on any atom is -0.324 e. The van der Waals surface area contributed by atoms with Gasteiger partial charge in [0.05, 0.1) is 17.3 Å². The molecule has 2 aliphatic heterocycles. The maximum Gasteiger partial charge on any atom is 0.229 e. The summed E-state index contributed by atoms with van der Waals surface area (Å²) in [5, 5.41) is 3.15. The Morgan fingerprint density at radius 3 is 2.74 bits per heavy atom. The second-order valence-corrected chi connectivity index (χ2v) is 12.6. The Morgan fingerprint density at radius 2 is 2.00 bits per heavy atom. The van der Waals surface area contributed by atoms with Gasteiger partial charge in [0.2, 0.25) is 5.95 Å². The molecule has 0 amide bonds. The molecule has 1 aromatic carbocycles. The second kappa shape index (κ2) is 9.30. The summed E-state index contributed by atoms with van der Waals surface area (Å²) in [4.78, 5) is 20.3. The number of amidine groups is 1. The highest BCUT2D eigenvalue weighted by molar-refractivity contribution is 14.1. The van der Waals surface area contributed by atoms with E-state index < -0.39 is 11.6 Å². The molecule has 6 rings (SSSR count). The van der Waals surface area contributed by atoms with Gasteiger partial charge in [-0.2, -0.15) is 0 Å². The number of anilines is 1. The summed E-state index contributed by atoms with van der Waals surface area (Å²) in [5.41, 5.74) is 7.06. The standard InChI is InChI=1S/C27H31F2IN8/c1-26(2,31)14-37-9-8-27(3)16(13-37)4-7-21(36-27)33-25-32-12-19(29)22(35-25)15-10-18(28)23-20(11-15)38(17-5-6-17)24(30)34-23/h4,7,10-12,16-17H,5-6,8-9,13-14,31H2,1-3H3,(H,32,33,35,36). The topological polar surface area (TPSA) is 97.2 Å². The van der Waals surface area contributed by atoms with Crippen molar-refractivity contribution in [2.75, 3.05) is 25.0 Å². The van der Waals surface area contributed by atoms with Gasteiger partial charge in [0.1, 0.15) is 17.0 Å². The largest absolute Gasteiger partial charge is 0.324 e. The zero-order valence-corrected chi connectivity index (χ0v) is 23.8. The molecule has 3 aliphatic rings. The Bertz CT molecular complexity index is 1470. The van der Waals surface area contributed by atoms with E-state index in [2.05, 4.69) is 60.8 Å². The monoisotopic (exact) mass is 632 g/mol. The van der Waals surface area contributed by atoms with Gasteiger partial charge in [-0.3, -0.25) is 4.99 Å². The molecule has 1 saturated heterocycles. The number of aromatic nitrogens is 4. The minimum absolute atomic E-state index is 0.0315. The zero-order valence-electron chi connectivity index (χ0n) is 21.7. The van der Waals surface area contributed by atoms with E-state index in [1.165, 1.54) is 6.07 Å². The molecule has 0 radical (unpaired) electrons. The van der Waals surface area contributed by atoms with Crippen LogP contribution in [0.4, 0.5) is 14.7 Å². The van der Waals surface area contributed by atoms with Crippen molar-refractivity contribution >= 4 is 45.4 Å². The Hall–Kier alpha value is -2.51. The van der Waals surface area contributed by atoms with Crippen LogP contribution < -0.4 is 11.1 Å². The third kappa shape index (κ3) is 4.95. The number of nitrogens with two attached hydrogens (primary N) is 1. The number of hydrogen-bond donors (Lipinski definition) is 2. The van der Waals surface area contributed by atoms with Crippen molar-refractivity contribution in [3.05, 3.63) is 45.9 Å². The summed E-state index contributed by atoms with van der Waals surface area (Å²) in [6.45, 7) is 8.90. The molecule has 2 fully saturated rings. The number of aliphatic imine (C=N–C) groups is 1. The number of hydrogen-bond acceptors (Lipinski definition) is 7. The molecule has 0 spiro atoms. The van der Waals surface area contributed by atoms with Crippen molar-refractivity contribution < 1.29 is 8.78 Å². The van der Waals surface area contributed by atoms with E-state index in [1.54, 1.807) is 6.07 Å². The van der Waals surface area contributed by atoms with Gasteiger partial charge < -0.3 is 20.5 Å². The van der Waals surface area contributed by atoms with E-state index in [1.807, 2.05) is 24.5 Å². The van der Waals surface area contributed by atoms with E-state index in [9.17, 15) is 4.39 Å². The molecule has 1 saturated carbocycles. The van der Waals surface area contributed by atoms with Crippen LogP contribution in [-0.4, -0.2) is 61.0 Å². The summed E-state index contributed by atoms with van der Waals surface area (Å²) in [6, 6.07) is 3.36. The molecule has 4 heterocycles. The molecule has 3 aromatic rings. The second-order valence-electron chi connectivity index (χ2n) is 11.6. The highest BCUT2D eigenvalue weighted by atomic mass is 127. The molecule has 2 aromatic heterocycles. The van der Waals surface area contributed by atoms with Gasteiger partial charge in [-0.05, 0) is 80.8 Å². The van der Waals surface area contributed by atoms with Crippen molar-refractivity contribution in [2.24, 2.45) is 16.6 Å². The summed E-state index contributed by atoms with van der Waals surface area (Å²) in [6.07, 6.45) is 8.16. The lowest BCUT2D eigenvalue weighted by atomic mass is 9.78. The first-order chi connectivity index (χ1) is 18.0. The zero-order chi connectivity index (χ0) is 26.8. The van der Waals surface area contributed by atoms with Crippen LogP contribution in [0.1, 0.15) is 46.1 Å². The molecule has 3 N–H and O–H groups in total. The Morgan fingerprint density at radius 1 is 1.21 bits per heavy atom. The number of halogens is 3. The number of fused-ring (bicyclic) bond motifs is 2. The number of rotatable bonds is 5. The van der Waals surface area contributed by atoms with E-state index in [0.29, 0.717) is 28.5 Å². The predicted octanol–water partition coefficient (Wildman–Crippen LogP) is 4.91. The maximum atomic E-state index is 15.0. The number of benzene rings is 1. The van der Waals surface area contributed by atoms with E-state index >= 15 is 4.39 Å². The van der Waals surface area contributed by atoms with Crippen LogP contribution in [0.15, 0.2) is 35.5 Å². The lowest BCUT2D eigenvalue weighted by molar-refractivity contribution is 0.113. The predicted molar refractivity (Wildman–Crippen MR) is 153 cm³/mol. The van der Waals surface area contributed by atoms with Crippen LogP contribution in [0.25, 0.3) is 22.3 Å². The minimum atomic E-state index is -0.621. The number of likely N-dealkylation sites (tertiary alicyclic amines) is 1. The molecule has 11 heteroatoms.